The Morgan fingerprint density at radius 2 is 1.45 bits per heavy atom. The topological polar surface area (TPSA) is 80.3 Å². The van der Waals surface area contributed by atoms with Crippen LogP contribution in [0, 0.1) is 6.92 Å². The van der Waals surface area contributed by atoms with Crippen LogP contribution in [0.25, 0.3) is 0 Å². The second kappa shape index (κ2) is 5.91. The van der Waals surface area contributed by atoms with Gasteiger partial charge in [0, 0.05) is 11.3 Å². The minimum atomic E-state index is -3.81. The Hall–Kier alpha value is -1.57. The molecule has 8 heteroatoms. The average molecular weight is 360 g/mol. The Kier molecular flexibility index (Phi) is 4.51. The molecule has 0 radical (unpaired) electrons. The molecule has 0 aliphatic carbocycles. The van der Waals surface area contributed by atoms with E-state index in [4.69, 9.17) is 11.6 Å². The van der Waals surface area contributed by atoms with Crippen LogP contribution >= 0.6 is 11.6 Å². The van der Waals surface area contributed by atoms with Crippen molar-refractivity contribution in [1.29, 1.82) is 0 Å². The third-order valence-electron chi connectivity index (χ3n) is 2.99. The molecule has 0 unspecified atom stereocenters. The SMILES string of the molecule is Cc1ccc(NS(=O)(=O)c2ccc(S(C)(=O)=O)cc2)cc1Cl. The molecule has 118 valence electrons. The van der Waals surface area contributed by atoms with Crippen molar-refractivity contribution < 1.29 is 16.8 Å². The first-order valence-corrected chi connectivity index (χ1v) is 9.94. The molecule has 0 bridgehead atoms. The second-order valence-corrected chi connectivity index (χ2v) is 8.92. The van der Waals surface area contributed by atoms with Crippen LogP contribution in [0.4, 0.5) is 5.69 Å². The zero-order valence-corrected chi connectivity index (χ0v) is 14.3. The van der Waals surface area contributed by atoms with Gasteiger partial charge in [0.15, 0.2) is 9.84 Å². The number of sulfonamides is 1. The predicted molar refractivity (Wildman–Crippen MR) is 86.5 cm³/mol. The van der Waals surface area contributed by atoms with E-state index in [-0.39, 0.29) is 9.79 Å². The van der Waals surface area contributed by atoms with Crippen molar-refractivity contribution in [2.75, 3.05) is 11.0 Å². The molecule has 0 heterocycles. The number of nitrogens with one attached hydrogen (secondary N) is 1. The maximum absolute atomic E-state index is 12.3. The normalized spacial score (nSPS) is 12.1. The Bertz CT molecular complexity index is 904. The molecule has 5 nitrogen and oxygen atoms in total. The van der Waals surface area contributed by atoms with E-state index in [1.807, 2.05) is 6.92 Å². The molecule has 0 aliphatic rings. The van der Waals surface area contributed by atoms with Gasteiger partial charge in [0.25, 0.3) is 10.0 Å². The van der Waals surface area contributed by atoms with Gasteiger partial charge >= 0.3 is 0 Å². The van der Waals surface area contributed by atoms with Crippen molar-refractivity contribution in [2.24, 2.45) is 0 Å². The second-order valence-electron chi connectivity index (χ2n) is 4.81. The first-order valence-electron chi connectivity index (χ1n) is 6.19. The van der Waals surface area contributed by atoms with Crippen LogP contribution in [0.3, 0.4) is 0 Å². The lowest BCUT2D eigenvalue weighted by atomic mass is 10.2. The molecule has 0 aliphatic heterocycles. The third kappa shape index (κ3) is 3.79. The summed E-state index contributed by atoms with van der Waals surface area (Å²) in [4.78, 5) is 0.0291. The Morgan fingerprint density at radius 3 is 1.95 bits per heavy atom. The highest BCUT2D eigenvalue weighted by atomic mass is 35.5. The molecular weight excluding hydrogens is 346 g/mol. The van der Waals surface area contributed by atoms with Gasteiger partial charge in [0.2, 0.25) is 0 Å². The molecule has 0 aromatic heterocycles. The molecule has 22 heavy (non-hydrogen) atoms. The molecule has 2 rings (SSSR count). The number of anilines is 1. The Labute approximate surface area is 134 Å². The van der Waals surface area contributed by atoms with Gasteiger partial charge in [-0.25, -0.2) is 16.8 Å². The average Bonchev–Trinajstić information content (AvgIpc) is 2.42. The van der Waals surface area contributed by atoms with Crippen LogP contribution < -0.4 is 4.72 Å². The van der Waals surface area contributed by atoms with Crippen molar-refractivity contribution in [2.45, 2.75) is 16.7 Å². The number of hydrogen-bond acceptors (Lipinski definition) is 4. The van der Waals surface area contributed by atoms with E-state index in [9.17, 15) is 16.8 Å². The molecule has 0 atom stereocenters. The van der Waals surface area contributed by atoms with Crippen molar-refractivity contribution in [1.82, 2.24) is 0 Å². The number of sulfone groups is 1. The number of benzene rings is 2. The first kappa shape index (κ1) is 16.8. The van der Waals surface area contributed by atoms with Crippen molar-refractivity contribution >= 4 is 37.1 Å². The van der Waals surface area contributed by atoms with E-state index >= 15 is 0 Å². The van der Waals surface area contributed by atoms with Gasteiger partial charge in [0.1, 0.15) is 0 Å². The lowest BCUT2D eigenvalue weighted by Gasteiger charge is -2.09. The molecule has 1 N–H and O–H groups in total. The standard InChI is InChI=1S/C14H14ClNO4S2/c1-10-3-4-11(9-14(10)15)16-22(19,20)13-7-5-12(6-8-13)21(2,17)18/h3-9,16H,1-2H3. The van der Waals surface area contributed by atoms with Crippen molar-refractivity contribution in [3.05, 3.63) is 53.1 Å². The van der Waals surface area contributed by atoms with E-state index in [2.05, 4.69) is 4.72 Å². The van der Waals surface area contributed by atoms with Gasteiger partial charge in [-0.15, -0.1) is 0 Å². The van der Waals surface area contributed by atoms with Crippen LogP contribution in [0.5, 0.6) is 0 Å². The summed E-state index contributed by atoms with van der Waals surface area (Å²) in [6.45, 7) is 1.81. The molecule has 0 saturated carbocycles. The van der Waals surface area contributed by atoms with Crippen LogP contribution in [0.2, 0.25) is 5.02 Å². The molecule has 2 aromatic carbocycles. The van der Waals surface area contributed by atoms with Crippen molar-refractivity contribution in [3.63, 3.8) is 0 Å². The minimum Gasteiger partial charge on any atom is -0.280 e. The van der Waals surface area contributed by atoms with Gasteiger partial charge in [-0.05, 0) is 48.9 Å². The van der Waals surface area contributed by atoms with Crippen LogP contribution in [-0.2, 0) is 19.9 Å². The fourth-order valence-electron chi connectivity index (χ4n) is 1.74. The highest BCUT2D eigenvalue weighted by molar-refractivity contribution is 7.92. The third-order valence-corrected chi connectivity index (χ3v) is 5.92. The lowest BCUT2D eigenvalue weighted by Crippen LogP contribution is -2.13. The van der Waals surface area contributed by atoms with Gasteiger partial charge in [-0.1, -0.05) is 17.7 Å². The predicted octanol–water partition coefficient (Wildman–Crippen LogP) is 2.85. The summed E-state index contributed by atoms with van der Waals surface area (Å²) in [6.07, 6.45) is 1.06. The van der Waals surface area contributed by atoms with Gasteiger partial charge in [0.05, 0.1) is 15.5 Å². The number of aryl methyl sites for hydroxylation is 1. The summed E-state index contributed by atoms with van der Waals surface area (Å²) < 4.78 is 49.7. The summed E-state index contributed by atoms with van der Waals surface area (Å²) in [5.74, 6) is 0. The summed E-state index contributed by atoms with van der Waals surface area (Å²) in [6, 6.07) is 9.82. The van der Waals surface area contributed by atoms with E-state index in [0.29, 0.717) is 10.7 Å². The first-order chi connectivity index (χ1) is 10.1. The maximum Gasteiger partial charge on any atom is 0.261 e. The monoisotopic (exact) mass is 359 g/mol. The Morgan fingerprint density at radius 1 is 0.909 bits per heavy atom. The van der Waals surface area contributed by atoms with E-state index < -0.39 is 19.9 Å². The molecule has 0 spiro atoms. The minimum absolute atomic E-state index is 0.0309. The molecule has 0 amide bonds. The van der Waals surface area contributed by atoms with Gasteiger partial charge < -0.3 is 0 Å². The van der Waals surface area contributed by atoms with Crippen LogP contribution in [0.1, 0.15) is 5.56 Å². The number of halogens is 1. The van der Waals surface area contributed by atoms with E-state index in [0.717, 1.165) is 11.8 Å². The smallest absolute Gasteiger partial charge is 0.261 e. The zero-order chi connectivity index (χ0) is 16.5. The number of rotatable bonds is 4. The Balaban J connectivity index is 2.32. The molecular formula is C14H14ClNO4S2. The highest BCUT2D eigenvalue weighted by Crippen LogP contribution is 2.23. The highest BCUT2D eigenvalue weighted by Gasteiger charge is 2.16. The molecule has 0 fully saturated rings. The summed E-state index contributed by atoms with van der Waals surface area (Å²) in [5.41, 5.74) is 1.17. The maximum atomic E-state index is 12.3. The summed E-state index contributed by atoms with van der Waals surface area (Å²) in [7, 11) is -7.18. The fraction of sp³-hybridized carbons (Fsp3) is 0.143. The summed E-state index contributed by atoms with van der Waals surface area (Å²) >= 11 is 5.96. The van der Waals surface area contributed by atoms with Crippen LogP contribution in [0.15, 0.2) is 52.3 Å². The lowest BCUT2D eigenvalue weighted by molar-refractivity contribution is 0.597. The van der Waals surface area contributed by atoms with Gasteiger partial charge in [-0.3, -0.25) is 4.72 Å². The summed E-state index contributed by atoms with van der Waals surface area (Å²) in [5, 5.41) is 0.452. The van der Waals surface area contributed by atoms with Crippen LogP contribution in [-0.4, -0.2) is 23.1 Å². The largest absolute Gasteiger partial charge is 0.280 e. The zero-order valence-electron chi connectivity index (χ0n) is 11.9. The van der Waals surface area contributed by atoms with E-state index in [1.54, 1.807) is 12.1 Å². The number of hydrogen-bond donors (Lipinski definition) is 1. The quantitative estimate of drug-likeness (QED) is 0.910. The van der Waals surface area contributed by atoms with Crippen molar-refractivity contribution in [3.8, 4) is 0 Å². The molecule has 0 saturated heterocycles. The molecule has 2 aromatic rings. The fourth-order valence-corrected chi connectivity index (χ4v) is 3.60. The van der Waals surface area contributed by atoms with E-state index in [1.165, 1.54) is 30.3 Å². The van der Waals surface area contributed by atoms with Gasteiger partial charge in [-0.2, -0.15) is 0 Å².